The number of para-hydroxylation sites is 1. The van der Waals surface area contributed by atoms with E-state index in [1.54, 1.807) is 0 Å². The fourth-order valence-electron chi connectivity index (χ4n) is 2.62. The number of benzene rings is 2. The second-order valence-corrected chi connectivity index (χ2v) is 5.87. The Balaban J connectivity index is 0.00000225. The summed E-state index contributed by atoms with van der Waals surface area (Å²) in [6.45, 7) is 2.89. The summed E-state index contributed by atoms with van der Waals surface area (Å²) in [5.74, 6) is 0. The smallest absolute Gasteiger partial charge is 0.161 e. The highest BCUT2D eigenvalue weighted by atomic mass is 35.5. The Kier molecular flexibility index (Phi) is 6.42. The highest BCUT2D eigenvalue weighted by Gasteiger charge is 2.27. The third-order valence-corrected chi connectivity index (χ3v) is 4.02. The summed E-state index contributed by atoms with van der Waals surface area (Å²) in [6.07, 6.45) is 4.26. The van der Waals surface area contributed by atoms with E-state index in [1.165, 1.54) is 5.69 Å². The molecule has 6 heteroatoms. The maximum Gasteiger partial charge on any atom is 0.161 e. The lowest BCUT2D eigenvalue weighted by Crippen LogP contribution is -2.36. The van der Waals surface area contributed by atoms with Crippen molar-refractivity contribution in [3.8, 4) is 0 Å². The molecule has 0 bridgehead atoms. The molecule has 1 unspecified atom stereocenters. The zero-order valence-corrected chi connectivity index (χ0v) is 15.6. The van der Waals surface area contributed by atoms with Gasteiger partial charge >= 0.3 is 0 Å². The Morgan fingerprint density at radius 3 is 2.28 bits per heavy atom. The van der Waals surface area contributed by atoms with E-state index in [2.05, 4.69) is 58.7 Å². The molecule has 0 saturated heterocycles. The standard InChI is InChI=1S/C19H23N5.ClH/c1-4-23-19(24(21-20-23)18-8-6-5-7-9-18)15-12-16-10-13-17(14-11-16)22(2)3;/h5-15,19H,4H2,1-3H3;1H. The first-order chi connectivity index (χ1) is 11.7. The van der Waals surface area contributed by atoms with Gasteiger partial charge < -0.3 is 4.90 Å². The Hall–Kier alpha value is -2.53. The maximum absolute atomic E-state index is 4.32. The summed E-state index contributed by atoms with van der Waals surface area (Å²) in [6, 6.07) is 18.6. The number of hydrogen-bond acceptors (Lipinski definition) is 5. The minimum absolute atomic E-state index is 0. The second-order valence-electron chi connectivity index (χ2n) is 5.87. The van der Waals surface area contributed by atoms with Crippen molar-refractivity contribution in [1.82, 2.24) is 5.01 Å². The number of anilines is 2. The predicted molar refractivity (Wildman–Crippen MR) is 107 cm³/mol. The molecule has 1 aliphatic heterocycles. The van der Waals surface area contributed by atoms with E-state index < -0.39 is 0 Å². The van der Waals surface area contributed by atoms with Gasteiger partial charge in [-0.05, 0) is 48.1 Å². The van der Waals surface area contributed by atoms with E-state index in [1.807, 2.05) is 54.4 Å². The number of hydrogen-bond donors (Lipinski definition) is 0. The lowest BCUT2D eigenvalue weighted by atomic mass is 10.1. The first-order valence-corrected chi connectivity index (χ1v) is 8.17. The molecule has 0 radical (unpaired) electrons. The highest BCUT2D eigenvalue weighted by Crippen LogP contribution is 2.26. The van der Waals surface area contributed by atoms with Crippen molar-refractivity contribution in [3.05, 3.63) is 66.2 Å². The van der Waals surface area contributed by atoms with Crippen LogP contribution in [0, 0.1) is 0 Å². The van der Waals surface area contributed by atoms with E-state index in [0.717, 1.165) is 17.8 Å². The van der Waals surface area contributed by atoms with Crippen LogP contribution in [0.3, 0.4) is 0 Å². The summed E-state index contributed by atoms with van der Waals surface area (Å²) in [5.41, 5.74) is 3.39. The van der Waals surface area contributed by atoms with Crippen LogP contribution >= 0.6 is 12.4 Å². The molecule has 0 aliphatic carbocycles. The second kappa shape index (κ2) is 8.53. The number of rotatable bonds is 5. The summed E-state index contributed by atoms with van der Waals surface area (Å²) < 4.78 is 0. The van der Waals surface area contributed by atoms with Gasteiger partial charge in [0.1, 0.15) is 0 Å². The van der Waals surface area contributed by atoms with Crippen molar-refractivity contribution >= 4 is 29.9 Å². The average molecular weight is 358 g/mol. The van der Waals surface area contributed by atoms with E-state index in [-0.39, 0.29) is 18.6 Å². The number of halogens is 1. The molecule has 0 aromatic heterocycles. The van der Waals surface area contributed by atoms with Crippen LogP contribution in [0.1, 0.15) is 12.5 Å². The van der Waals surface area contributed by atoms with Crippen molar-refractivity contribution in [1.29, 1.82) is 0 Å². The quantitative estimate of drug-likeness (QED) is 0.781. The van der Waals surface area contributed by atoms with Crippen LogP contribution in [0.4, 0.5) is 11.4 Å². The van der Waals surface area contributed by atoms with E-state index >= 15 is 0 Å². The van der Waals surface area contributed by atoms with Gasteiger partial charge in [0.05, 0.1) is 5.69 Å². The highest BCUT2D eigenvalue weighted by molar-refractivity contribution is 5.85. The third-order valence-electron chi connectivity index (χ3n) is 4.02. The molecule has 1 heterocycles. The largest absolute Gasteiger partial charge is 0.378 e. The predicted octanol–water partition coefficient (Wildman–Crippen LogP) is 4.64. The van der Waals surface area contributed by atoms with Crippen LogP contribution < -0.4 is 9.91 Å². The van der Waals surface area contributed by atoms with Crippen LogP contribution in [0.5, 0.6) is 0 Å². The van der Waals surface area contributed by atoms with Gasteiger partial charge in [-0.2, -0.15) is 0 Å². The zero-order chi connectivity index (χ0) is 16.9. The summed E-state index contributed by atoms with van der Waals surface area (Å²) >= 11 is 0. The van der Waals surface area contributed by atoms with Gasteiger partial charge in [0.2, 0.25) is 0 Å². The van der Waals surface area contributed by atoms with Crippen molar-refractivity contribution in [2.75, 3.05) is 30.5 Å². The summed E-state index contributed by atoms with van der Waals surface area (Å²) in [7, 11) is 4.09. The van der Waals surface area contributed by atoms with Crippen LogP contribution in [-0.4, -0.2) is 31.8 Å². The van der Waals surface area contributed by atoms with E-state index in [9.17, 15) is 0 Å². The lowest BCUT2D eigenvalue weighted by molar-refractivity contribution is 0.282. The molecule has 5 nitrogen and oxygen atoms in total. The minimum atomic E-state index is -0.00840. The molecule has 0 amide bonds. The fourth-order valence-corrected chi connectivity index (χ4v) is 2.62. The van der Waals surface area contributed by atoms with Crippen LogP contribution in [0.15, 0.2) is 71.1 Å². The molecule has 2 aromatic carbocycles. The maximum atomic E-state index is 4.32. The van der Waals surface area contributed by atoms with Gasteiger partial charge in [-0.25, -0.2) is 10.0 Å². The molecule has 1 aliphatic rings. The van der Waals surface area contributed by atoms with Crippen molar-refractivity contribution < 1.29 is 0 Å². The summed E-state index contributed by atoms with van der Waals surface area (Å²) in [4.78, 5) is 2.10. The lowest BCUT2D eigenvalue weighted by Gasteiger charge is -2.24. The average Bonchev–Trinajstić information content (AvgIpc) is 3.04. The molecule has 2 aromatic rings. The molecule has 0 saturated carbocycles. The first-order valence-electron chi connectivity index (χ1n) is 8.17. The topological polar surface area (TPSA) is 34.4 Å². The van der Waals surface area contributed by atoms with Crippen molar-refractivity contribution in [3.63, 3.8) is 0 Å². The third kappa shape index (κ3) is 4.31. The first kappa shape index (κ1) is 18.8. The van der Waals surface area contributed by atoms with Crippen LogP contribution in [-0.2, 0) is 0 Å². The molecule has 3 rings (SSSR count). The van der Waals surface area contributed by atoms with Crippen LogP contribution in [0.25, 0.3) is 6.08 Å². The van der Waals surface area contributed by atoms with Gasteiger partial charge in [-0.3, -0.25) is 0 Å². The van der Waals surface area contributed by atoms with Gasteiger partial charge in [0.25, 0.3) is 0 Å². The Bertz CT molecular complexity index is 712. The number of nitrogens with zero attached hydrogens (tertiary/aromatic N) is 5. The van der Waals surface area contributed by atoms with Crippen molar-refractivity contribution in [2.24, 2.45) is 10.4 Å². The summed E-state index contributed by atoms with van der Waals surface area (Å²) in [5, 5.41) is 12.5. The monoisotopic (exact) mass is 357 g/mol. The molecule has 0 fully saturated rings. The van der Waals surface area contributed by atoms with E-state index in [0.29, 0.717) is 0 Å². The molecule has 132 valence electrons. The Morgan fingerprint density at radius 2 is 1.68 bits per heavy atom. The Morgan fingerprint density at radius 1 is 1.00 bits per heavy atom. The van der Waals surface area contributed by atoms with E-state index in [4.69, 9.17) is 0 Å². The van der Waals surface area contributed by atoms with Gasteiger partial charge in [0.15, 0.2) is 6.17 Å². The van der Waals surface area contributed by atoms with Crippen molar-refractivity contribution in [2.45, 2.75) is 13.1 Å². The molecule has 0 N–H and O–H groups in total. The van der Waals surface area contributed by atoms with Gasteiger partial charge in [-0.1, -0.05) is 41.6 Å². The zero-order valence-electron chi connectivity index (χ0n) is 14.8. The normalized spacial score (nSPS) is 16.4. The molecular formula is C19H24ClN5. The van der Waals surface area contributed by atoms with Gasteiger partial charge in [-0.15, -0.1) is 12.4 Å². The SMILES string of the molecule is CCN1N=NN(c2ccccc2)C1C=Cc1ccc(N(C)C)cc1.Cl. The Labute approximate surface area is 155 Å². The fraction of sp³-hybridized carbons (Fsp3) is 0.263. The number of likely N-dealkylation sites (N-methyl/N-ethyl adjacent to an activating group) is 1. The molecule has 0 spiro atoms. The molecule has 1 atom stereocenters. The minimum Gasteiger partial charge on any atom is -0.378 e. The molecular weight excluding hydrogens is 334 g/mol. The van der Waals surface area contributed by atoms with Gasteiger partial charge in [0, 0.05) is 26.3 Å². The molecule has 25 heavy (non-hydrogen) atoms. The van der Waals surface area contributed by atoms with Crippen LogP contribution in [0.2, 0.25) is 0 Å².